The maximum atomic E-state index is 10.0. The number of hydrogen-bond acceptors (Lipinski definition) is 1. The minimum atomic E-state index is 0. The summed E-state index contributed by atoms with van der Waals surface area (Å²) in [6.45, 7) is 6.14. The number of hydrogen-bond donors (Lipinski definition) is 0. The van der Waals surface area contributed by atoms with Crippen molar-refractivity contribution < 1.29 is 4.79 Å². The smallest absolute Gasteiger partial charge is 0.142 e. The first kappa shape index (κ1) is 14.7. The zero-order valence-corrected chi connectivity index (χ0v) is 10.6. The van der Waals surface area contributed by atoms with E-state index in [2.05, 4.69) is 19.9 Å². The van der Waals surface area contributed by atoms with Crippen LogP contribution >= 0.6 is 0 Å². The monoisotopic (exact) mass is 175 g/mol. The summed E-state index contributed by atoms with van der Waals surface area (Å²) in [6.07, 6.45) is 6.68. The van der Waals surface area contributed by atoms with Gasteiger partial charge in [-0.05, 0) is 39.7 Å². The van der Waals surface area contributed by atoms with Gasteiger partial charge in [0.25, 0.3) is 0 Å². The van der Waals surface area contributed by atoms with Crippen LogP contribution < -0.4 is 0 Å². The molecule has 0 fully saturated rings. The van der Waals surface area contributed by atoms with E-state index < -0.39 is 0 Å². The fraction of sp³-hybridized carbons (Fsp3) is 0.500. The minimum absolute atomic E-state index is 0. The Morgan fingerprint density at radius 1 is 1.25 bits per heavy atom. The van der Waals surface area contributed by atoms with Crippen LogP contribution in [-0.4, -0.2) is 35.8 Å². The number of aldehydes is 1. The van der Waals surface area contributed by atoms with Gasteiger partial charge >= 0.3 is 0 Å². The zero-order valence-electron chi connectivity index (χ0n) is 8.55. The Morgan fingerprint density at radius 2 is 1.83 bits per heavy atom. The van der Waals surface area contributed by atoms with Gasteiger partial charge in [-0.25, -0.2) is 0 Å². The van der Waals surface area contributed by atoms with Gasteiger partial charge in [0.05, 0.1) is 0 Å². The van der Waals surface area contributed by atoms with Gasteiger partial charge in [0, 0.05) is 29.6 Å². The fourth-order valence-electron chi connectivity index (χ4n) is 0.788. The molecule has 0 N–H and O–H groups in total. The molecule has 63 valence electrons. The molecule has 0 saturated carbocycles. The van der Waals surface area contributed by atoms with Crippen molar-refractivity contribution in [2.45, 2.75) is 33.6 Å². The number of allylic oxidation sites excluding steroid dienone is 4. The Morgan fingerprint density at radius 3 is 2.25 bits per heavy atom. The van der Waals surface area contributed by atoms with Crippen LogP contribution in [0.25, 0.3) is 0 Å². The molecule has 0 spiro atoms. The Balaban J connectivity index is 0. The molecule has 0 aromatic carbocycles. The van der Waals surface area contributed by atoms with Gasteiger partial charge in [0.15, 0.2) is 0 Å². The van der Waals surface area contributed by atoms with E-state index in [1.807, 2.05) is 6.92 Å². The predicted molar refractivity (Wildman–Crippen MR) is 54.2 cm³/mol. The van der Waals surface area contributed by atoms with E-state index in [1.54, 1.807) is 6.08 Å². The van der Waals surface area contributed by atoms with E-state index in [4.69, 9.17) is 0 Å². The molecular weight excluding hydrogens is 159 g/mol. The Bertz CT molecular complexity index is 176. The summed E-state index contributed by atoms with van der Waals surface area (Å²) >= 11 is 0. The molecule has 0 amide bonds. The van der Waals surface area contributed by atoms with E-state index in [0.29, 0.717) is 0 Å². The van der Waals surface area contributed by atoms with E-state index in [9.17, 15) is 4.79 Å². The van der Waals surface area contributed by atoms with Crippen molar-refractivity contribution in [2.75, 3.05) is 0 Å². The van der Waals surface area contributed by atoms with Crippen molar-refractivity contribution in [3.8, 4) is 0 Å². The second-order valence-corrected chi connectivity index (χ2v) is 2.97. The third-order valence-electron chi connectivity index (χ3n) is 1.44. The Hall–Kier alpha value is 0.150. The van der Waals surface area contributed by atoms with Gasteiger partial charge in [-0.1, -0.05) is 17.2 Å². The molecule has 12 heavy (non-hydrogen) atoms. The van der Waals surface area contributed by atoms with Crippen LogP contribution in [0.5, 0.6) is 0 Å². The van der Waals surface area contributed by atoms with Gasteiger partial charge in [-0.3, -0.25) is 4.79 Å². The summed E-state index contributed by atoms with van der Waals surface area (Å²) in [7, 11) is 0. The van der Waals surface area contributed by atoms with Gasteiger partial charge in [-0.15, -0.1) is 0 Å². The molecule has 2 heteroatoms. The standard InChI is InChI=1S/C10H16O.Na/c1-9(2)5-4-6-10(3)7-8-11;/h5,7-8H,4,6H2,1-3H3;. The second-order valence-electron chi connectivity index (χ2n) is 2.97. The molecule has 1 radical (unpaired) electrons. The van der Waals surface area contributed by atoms with Gasteiger partial charge in [0.2, 0.25) is 0 Å². The SMILES string of the molecule is CC(C)=CCCC(C)=CC=O.[Na]. The third kappa shape index (κ3) is 10.2. The molecule has 0 aliphatic heterocycles. The van der Waals surface area contributed by atoms with Crippen molar-refractivity contribution in [2.24, 2.45) is 0 Å². The average Bonchev–Trinajstić information content (AvgIpc) is 1.87. The summed E-state index contributed by atoms with van der Waals surface area (Å²) in [5.74, 6) is 0. The predicted octanol–water partition coefficient (Wildman–Crippen LogP) is 2.50. The minimum Gasteiger partial charge on any atom is -0.299 e. The molecule has 0 unspecified atom stereocenters. The van der Waals surface area contributed by atoms with Gasteiger partial charge < -0.3 is 0 Å². The van der Waals surface area contributed by atoms with Gasteiger partial charge in [-0.2, -0.15) is 0 Å². The molecule has 0 aromatic heterocycles. The van der Waals surface area contributed by atoms with E-state index in [-0.39, 0.29) is 29.6 Å². The number of carbonyl (C=O) groups is 1. The third-order valence-corrected chi connectivity index (χ3v) is 1.44. The molecule has 0 bridgehead atoms. The maximum absolute atomic E-state index is 10.0. The van der Waals surface area contributed by atoms with Crippen LogP contribution in [0.2, 0.25) is 0 Å². The average molecular weight is 175 g/mol. The maximum Gasteiger partial charge on any atom is 0.142 e. The Kier molecular flexibility index (Phi) is 11.3. The molecule has 0 saturated heterocycles. The largest absolute Gasteiger partial charge is 0.299 e. The van der Waals surface area contributed by atoms with Crippen molar-refractivity contribution in [1.82, 2.24) is 0 Å². The van der Waals surface area contributed by atoms with E-state index in [0.717, 1.165) is 24.7 Å². The molecule has 0 heterocycles. The molecular formula is C10H16NaO. The van der Waals surface area contributed by atoms with E-state index in [1.165, 1.54) is 5.57 Å². The first-order valence-electron chi connectivity index (χ1n) is 3.91. The molecule has 0 aromatic rings. The molecule has 0 rings (SSSR count). The topological polar surface area (TPSA) is 17.1 Å². The first-order chi connectivity index (χ1) is 5.16. The van der Waals surface area contributed by atoms with E-state index >= 15 is 0 Å². The van der Waals surface area contributed by atoms with Crippen molar-refractivity contribution >= 4 is 35.8 Å². The number of carbonyl (C=O) groups excluding carboxylic acids is 1. The number of rotatable bonds is 4. The van der Waals surface area contributed by atoms with Crippen LogP contribution in [0, 0.1) is 0 Å². The molecule has 0 aliphatic carbocycles. The second kappa shape index (κ2) is 9.24. The first-order valence-corrected chi connectivity index (χ1v) is 3.91. The fourth-order valence-corrected chi connectivity index (χ4v) is 0.788. The zero-order chi connectivity index (χ0) is 8.69. The quantitative estimate of drug-likeness (QED) is 0.278. The van der Waals surface area contributed by atoms with Gasteiger partial charge in [0.1, 0.15) is 6.29 Å². The summed E-state index contributed by atoms with van der Waals surface area (Å²) in [4.78, 5) is 10.0. The van der Waals surface area contributed by atoms with Crippen LogP contribution in [0.1, 0.15) is 33.6 Å². The molecule has 1 nitrogen and oxygen atoms in total. The normalized spacial score (nSPS) is 10.1. The van der Waals surface area contributed by atoms with Crippen molar-refractivity contribution in [1.29, 1.82) is 0 Å². The van der Waals surface area contributed by atoms with Crippen molar-refractivity contribution in [3.63, 3.8) is 0 Å². The molecule has 0 aliphatic rings. The van der Waals surface area contributed by atoms with Crippen LogP contribution in [0.15, 0.2) is 23.3 Å². The van der Waals surface area contributed by atoms with Crippen LogP contribution in [0.4, 0.5) is 0 Å². The summed E-state index contributed by atoms with van der Waals surface area (Å²) in [5.41, 5.74) is 2.49. The molecule has 0 atom stereocenters. The van der Waals surface area contributed by atoms with Crippen LogP contribution in [0.3, 0.4) is 0 Å². The van der Waals surface area contributed by atoms with Crippen LogP contribution in [-0.2, 0) is 4.79 Å². The summed E-state index contributed by atoms with van der Waals surface area (Å²) < 4.78 is 0. The van der Waals surface area contributed by atoms with Crippen molar-refractivity contribution in [3.05, 3.63) is 23.3 Å². The summed E-state index contributed by atoms with van der Waals surface area (Å²) in [6, 6.07) is 0. The summed E-state index contributed by atoms with van der Waals surface area (Å²) in [5, 5.41) is 0. The Labute approximate surface area is 97.2 Å².